The highest BCUT2D eigenvalue weighted by Gasteiger charge is 2.16. The second kappa shape index (κ2) is 7.99. The molecule has 2 aromatic rings. The molecule has 5 nitrogen and oxygen atoms in total. The van der Waals surface area contributed by atoms with Crippen LogP contribution in [0.3, 0.4) is 0 Å². The van der Waals surface area contributed by atoms with Crippen molar-refractivity contribution in [1.29, 1.82) is 0 Å². The number of imidazole rings is 1. The highest BCUT2D eigenvalue weighted by atomic mass is 127. The van der Waals surface area contributed by atoms with Crippen molar-refractivity contribution in [3.05, 3.63) is 30.1 Å². The number of hydrogen-bond donors (Lipinski definition) is 1. The van der Waals surface area contributed by atoms with E-state index in [2.05, 4.69) is 32.4 Å². The monoisotopic (exact) mass is 427 g/mol. The molecule has 0 saturated carbocycles. The van der Waals surface area contributed by atoms with E-state index in [4.69, 9.17) is 5.73 Å². The molecule has 0 radical (unpaired) electrons. The zero-order valence-electron chi connectivity index (χ0n) is 13.9. The molecule has 1 aromatic carbocycles. The number of likely N-dealkylation sites (tertiary alicyclic amines) is 1. The van der Waals surface area contributed by atoms with Gasteiger partial charge < -0.3 is 15.2 Å². The fraction of sp³-hybridized carbons (Fsp3) is 0.529. The van der Waals surface area contributed by atoms with Crippen molar-refractivity contribution in [1.82, 2.24) is 14.5 Å². The van der Waals surface area contributed by atoms with Crippen LogP contribution >= 0.6 is 24.0 Å². The second-order valence-corrected chi connectivity index (χ2v) is 6.21. The predicted molar refractivity (Wildman–Crippen MR) is 106 cm³/mol. The van der Waals surface area contributed by atoms with Crippen molar-refractivity contribution in [2.45, 2.75) is 33.2 Å². The van der Waals surface area contributed by atoms with Gasteiger partial charge in [-0.25, -0.2) is 4.98 Å². The summed E-state index contributed by atoms with van der Waals surface area (Å²) in [6.45, 7) is 7.92. The molecule has 126 valence electrons. The molecule has 23 heavy (non-hydrogen) atoms. The third kappa shape index (κ3) is 4.16. The van der Waals surface area contributed by atoms with E-state index in [1.54, 1.807) is 0 Å². The number of aryl methyl sites for hydroxylation is 1. The van der Waals surface area contributed by atoms with Gasteiger partial charge >= 0.3 is 0 Å². The third-order valence-corrected chi connectivity index (χ3v) is 4.55. The Bertz CT molecular complexity index is 671. The number of piperidine rings is 1. The maximum Gasteiger partial charge on any atom is 0.191 e. The van der Waals surface area contributed by atoms with E-state index in [0.29, 0.717) is 12.5 Å². The van der Waals surface area contributed by atoms with Gasteiger partial charge in [-0.05, 0) is 37.8 Å². The van der Waals surface area contributed by atoms with Gasteiger partial charge in [0.25, 0.3) is 0 Å². The molecule has 6 heteroatoms. The molecule has 2 N–H and O–H groups in total. The minimum absolute atomic E-state index is 0. The normalized spacial score (nSPS) is 16.6. The molecule has 0 spiro atoms. The number of para-hydroxylation sites is 2. The lowest BCUT2D eigenvalue weighted by molar-refractivity contribution is 0.277. The fourth-order valence-electron chi connectivity index (χ4n) is 3.08. The lowest BCUT2D eigenvalue weighted by Gasteiger charge is -2.31. The zero-order chi connectivity index (χ0) is 15.5. The highest BCUT2D eigenvalue weighted by molar-refractivity contribution is 14.0. The summed E-state index contributed by atoms with van der Waals surface area (Å²) < 4.78 is 2.21. The van der Waals surface area contributed by atoms with Gasteiger partial charge in [0.2, 0.25) is 0 Å². The molecule has 0 aliphatic carbocycles. The molecule has 0 unspecified atom stereocenters. The van der Waals surface area contributed by atoms with Gasteiger partial charge in [-0.2, -0.15) is 0 Å². The Balaban J connectivity index is 0.00000192. The molecule has 2 heterocycles. The summed E-state index contributed by atoms with van der Waals surface area (Å²) in [7, 11) is 0. The van der Waals surface area contributed by atoms with Gasteiger partial charge in [-0.1, -0.05) is 19.1 Å². The molecule has 1 aliphatic rings. The highest BCUT2D eigenvalue weighted by Crippen LogP contribution is 2.16. The number of rotatable bonds is 3. The van der Waals surface area contributed by atoms with Crippen LogP contribution in [0.4, 0.5) is 0 Å². The Morgan fingerprint density at radius 1 is 1.30 bits per heavy atom. The largest absolute Gasteiger partial charge is 0.370 e. The van der Waals surface area contributed by atoms with E-state index >= 15 is 0 Å². The standard InChI is InChI=1S/C17H25N5.HI/c1-13-7-10-21(11-8-13)17(18)19-9-12-22-14(2)20-15-5-3-4-6-16(15)22;/h3-6,13H,7-12H2,1-2H3,(H2,18,19);1H. The quantitative estimate of drug-likeness (QED) is 0.466. The number of nitrogens with zero attached hydrogens (tertiary/aromatic N) is 4. The van der Waals surface area contributed by atoms with Gasteiger partial charge in [0.15, 0.2) is 5.96 Å². The summed E-state index contributed by atoms with van der Waals surface area (Å²) in [6, 6.07) is 8.22. The number of fused-ring (bicyclic) bond motifs is 1. The zero-order valence-corrected chi connectivity index (χ0v) is 16.2. The Morgan fingerprint density at radius 3 is 2.74 bits per heavy atom. The molecular formula is C17H26IN5. The molecule has 1 fully saturated rings. The number of nitrogens with two attached hydrogens (primary N) is 1. The Hall–Kier alpha value is -1.31. The smallest absolute Gasteiger partial charge is 0.191 e. The summed E-state index contributed by atoms with van der Waals surface area (Å²) in [4.78, 5) is 11.4. The van der Waals surface area contributed by atoms with Crippen molar-refractivity contribution in [3.8, 4) is 0 Å². The lowest BCUT2D eigenvalue weighted by atomic mass is 10.00. The van der Waals surface area contributed by atoms with Crippen molar-refractivity contribution >= 4 is 41.0 Å². The van der Waals surface area contributed by atoms with E-state index in [1.165, 1.54) is 18.4 Å². The van der Waals surface area contributed by atoms with Crippen molar-refractivity contribution in [2.75, 3.05) is 19.6 Å². The fourth-order valence-corrected chi connectivity index (χ4v) is 3.08. The van der Waals surface area contributed by atoms with Gasteiger partial charge in [0, 0.05) is 19.6 Å². The number of halogens is 1. The van der Waals surface area contributed by atoms with E-state index < -0.39 is 0 Å². The molecule has 0 bridgehead atoms. The number of aliphatic imine (C=N–C) groups is 1. The Labute approximate surface area is 155 Å². The van der Waals surface area contributed by atoms with Crippen molar-refractivity contribution in [2.24, 2.45) is 16.6 Å². The van der Waals surface area contributed by atoms with E-state index in [1.807, 2.05) is 25.1 Å². The maximum atomic E-state index is 6.14. The van der Waals surface area contributed by atoms with Crippen LogP contribution in [0.25, 0.3) is 11.0 Å². The van der Waals surface area contributed by atoms with Crippen LogP contribution in [0.15, 0.2) is 29.3 Å². The van der Waals surface area contributed by atoms with E-state index in [0.717, 1.165) is 36.9 Å². The molecule has 1 saturated heterocycles. The molecule has 0 amide bonds. The SMILES string of the molecule is Cc1nc2ccccc2n1CCN=C(N)N1CCC(C)CC1.I. The summed E-state index contributed by atoms with van der Waals surface area (Å²) >= 11 is 0. The average Bonchev–Trinajstić information content (AvgIpc) is 2.84. The van der Waals surface area contributed by atoms with Gasteiger partial charge in [0.05, 0.1) is 17.6 Å². The van der Waals surface area contributed by atoms with Crippen LogP contribution in [0.1, 0.15) is 25.6 Å². The Morgan fingerprint density at radius 2 is 2.00 bits per heavy atom. The number of aromatic nitrogens is 2. The van der Waals surface area contributed by atoms with Crippen LogP contribution < -0.4 is 5.73 Å². The third-order valence-electron chi connectivity index (χ3n) is 4.55. The number of guanidine groups is 1. The first-order valence-electron chi connectivity index (χ1n) is 8.12. The van der Waals surface area contributed by atoms with Gasteiger partial charge in [-0.3, -0.25) is 4.99 Å². The van der Waals surface area contributed by atoms with Crippen LogP contribution in [0.5, 0.6) is 0 Å². The van der Waals surface area contributed by atoms with Crippen LogP contribution in [0.2, 0.25) is 0 Å². The molecule has 1 aliphatic heterocycles. The minimum Gasteiger partial charge on any atom is -0.370 e. The summed E-state index contributed by atoms with van der Waals surface area (Å²) in [5.74, 6) is 2.53. The Kier molecular flexibility index (Phi) is 6.26. The summed E-state index contributed by atoms with van der Waals surface area (Å²) in [5, 5.41) is 0. The summed E-state index contributed by atoms with van der Waals surface area (Å²) in [5.41, 5.74) is 8.35. The van der Waals surface area contributed by atoms with Crippen LogP contribution in [-0.2, 0) is 6.54 Å². The molecule has 1 aromatic heterocycles. The van der Waals surface area contributed by atoms with E-state index in [-0.39, 0.29) is 24.0 Å². The van der Waals surface area contributed by atoms with E-state index in [9.17, 15) is 0 Å². The van der Waals surface area contributed by atoms with Gasteiger partial charge in [0.1, 0.15) is 5.82 Å². The lowest BCUT2D eigenvalue weighted by Crippen LogP contribution is -2.42. The second-order valence-electron chi connectivity index (χ2n) is 6.21. The minimum atomic E-state index is 0. The van der Waals surface area contributed by atoms with Crippen molar-refractivity contribution < 1.29 is 0 Å². The summed E-state index contributed by atoms with van der Waals surface area (Å²) in [6.07, 6.45) is 2.42. The topological polar surface area (TPSA) is 59.4 Å². The van der Waals surface area contributed by atoms with Crippen molar-refractivity contribution in [3.63, 3.8) is 0 Å². The average molecular weight is 427 g/mol. The first-order valence-corrected chi connectivity index (χ1v) is 8.12. The first kappa shape index (κ1) is 18.0. The molecule has 0 atom stereocenters. The predicted octanol–water partition coefficient (Wildman–Crippen LogP) is 3.01. The van der Waals surface area contributed by atoms with Crippen LogP contribution in [-0.4, -0.2) is 40.0 Å². The maximum absolute atomic E-state index is 6.14. The molecular weight excluding hydrogens is 401 g/mol. The number of benzene rings is 1. The number of hydrogen-bond acceptors (Lipinski definition) is 2. The van der Waals surface area contributed by atoms with Crippen LogP contribution in [0, 0.1) is 12.8 Å². The molecule has 3 rings (SSSR count). The first-order chi connectivity index (χ1) is 10.6. The van der Waals surface area contributed by atoms with Gasteiger partial charge in [-0.15, -0.1) is 24.0 Å².